The molecule has 1 aliphatic heterocycles. The third kappa shape index (κ3) is 3.23. The first-order valence-corrected chi connectivity index (χ1v) is 6.95. The molecule has 0 aromatic heterocycles. The van der Waals surface area contributed by atoms with Gasteiger partial charge in [-0.2, -0.15) is 5.26 Å². The minimum Gasteiger partial charge on any atom is -0.493 e. The summed E-state index contributed by atoms with van der Waals surface area (Å²) in [5.41, 5.74) is 1.07. The van der Waals surface area contributed by atoms with E-state index in [4.69, 9.17) is 14.7 Å². The summed E-state index contributed by atoms with van der Waals surface area (Å²) in [6.07, 6.45) is 1.88. The van der Waals surface area contributed by atoms with Gasteiger partial charge in [-0.1, -0.05) is 6.07 Å². The lowest BCUT2D eigenvalue weighted by Gasteiger charge is -2.34. The first-order valence-electron chi connectivity index (χ1n) is 6.95. The highest BCUT2D eigenvalue weighted by Crippen LogP contribution is 2.32. The minimum absolute atomic E-state index is 0.145. The van der Waals surface area contributed by atoms with Gasteiger partial charge in [-0.15, -0.1) is 0 Å². The van der Waals surface area contributed by atoms with Gasteiger partial charge in [-0.3, -0.25) is 4.90 Å². The summed E-state index contributed by atoms with van der Waals surface area (Å²) in [5, 5.41) is 9.15. The van der Waals surface area contributed by atoms with Gasteiger partial charge in [-0.25, -0.2) is 0 Å². The van der Waals surface area contributed by atoms with Gasteiger partial charge in [0.1, 0.15) is 0 Å². The van der Waals surface area contributed by atoms with E-state index >= 15 is 0 Å². The fourth-order valence-corrected chi connectivity index (χ4v) is 2.55. The van der Waals surface area contributed by atoms with E-state index < -0.39 is 0 Å². The second kappa shape index (κ2) is 6.15. The van der Waals surface area contributed by atoms with Gasteiger partial charge in [0, 0.05) is 6.54 Å². The number of methoxy groups -OCH3 is 2. The Morgan fingerprint density at radius 2 is 1.85 bits per heavy atom. The molecule has 1 aromatic carbocycles. The van der Waals surface area contributed by atoms with E-state index in [9.17, 15) is 0 Å². The highest BCUT2D eigenvalue weighted by Gasteiger charge is 2.29. The van der Waals surface area contributed by atoms with E-state index in [0.29, 0.717) is 0 Å². The molecule has 0 spiro atoms. The first kappa shape index (κ1) is 14.7. The molecule has 2 rings (SSSR count). The first-order chi connectivity index (χ1) is 9.60. The standard InChI is InChI=1S/C16H22N2O2/c1-16(12-17)6-8-18(9-7-16)11-13-4-5-14(19-2)15(10-13)20-3/h4-5,10H,6-9,11H2,1-3H3. The summed E-state index contributed by atoms with van der Waals surface area (Å²) >= 11 is 0. The molecule has 4 heteroatoms. The molecular formula is C16H22N2O2. The molecule has 1 saturated heterocycles. The fraction of sp³-hybridized carbons (Fsp3) is 0.562. The van der Waals surface area contributed by atoms with Gasteiger partial charge >= 0.3 is 0 Å². The molecule has 0 radical (unpaired) electrons. The lowest BCUT2D eigenvalue weighted by molar-refractivity contribution is 0.150. The van der Waals surface area contributed by atoms with E-state index in [1.165, 1.54) is 5.56 Å². The molecule has 0 atom stereocenters. The van der Waals surface area contributed by atoms with E-state index in [2.05, 4.69) is 24.0 Å². The molecule has 0 N–H and O–H groups in total. The number of piperidine rings is 1. The molecule has 1 aliphatic rings. The van der Waals surface area contributed by atoms with Gasteiger partial charge in [0.2, 0.25) is 0 Å². The zero-order valence-corrected chi connectivity index (χ0v) is 12.5. The van der Waals surface area contributed by atoms with E-state index in [1.54, 1.807) is 14.2 Å². The second-order valence-corrected chi connectivity index (χ2v) is 5.64. The number of hydrogen-bond acceptors (Lipinski definition) is 4. The van der Waals surface area contributed by atoms with Gasteiger partial charge in [0.25, 0.3) is 0 Å². The molecule has 0 unspecified atom stereocenters. The molecule has 0 saturated carbocycles. The quantitative estimate of drug-likeness (QED) is 0.847. The molecule has 0 amide bonds. The van der Waals surface area contributed by atoms with Crippen LogP contribution in [0.1, 0.15) is 25.3 Å². The maximum atomic E-state index is 9.15. The maximum Gasteiger partial charge on any atom is 0.161 e. The van der Waals surface area contributed by atoms with Crippen molar-refractivity contribution < 1.29 is 9.47 Å². The van der Waals surface area contributed by atoms with Crippen molar-refractivity contribution in [2.45, 2.75) is 26.3 Å². The van der Waals surface area contributed by atoms with Crippen LogP contribution in [0.25, 0.3) is 0 Å². The molecule has 1 aromatic rings. The molecule has 4 nitrogen and oxygen atoms in total. The molecule has 20 heavy (non-hydrogen) atoms. The average molecular weight is 274 g/mol. The second-order valence-electron chi connectivity index (χ2n) is 5.64. The van der Waals surface area contributed by atoms with Crippen LogP contribution < -0.4 is 9.47 Å². The average Bonchev–Trinajstić information content (AvgIpc) is 2.49. The minimum atomic E-state index is -0.145. The lowest BCUT2D eigenvalue weighted by Crippen LogP contribution is -2.37. The number of likely N-dealkylation sites (tertiary alicyclic amines) is 1. The molecule has 0 bridgehead atoms. The van der Waals surface area contributed by atoms with Crippen molar-refractivity contribution in [2.75, 3.05) is 27.3 Å². The normalized spacial score (nSPS) is 18.3. The maximum absolute atomic E-state index is 9.15. The van der Waals surface area contributed by atoms with Gasteiger partial charge in [0.05, 0.1) is 25.7 Å². The van der Waals surface area contributed by atoms with E-state index in [0.717, 1.165) is 44.0 Å². The molecular weight excluding hydrogens is 252 g/mol. The Labute approximate surface area is 120 Å². The monoisotopic (exact) mass is 274 g/mol. The molecule has 1 heterocycles. The molecule has 108 valence electrons. The van der Waals surface area contributed by atoms with Gasteiger partial charge < -0.3 is 9.47 Å². The topological polar surface area (TPSA) is 45.5 Å². The van der Waals surface area contributed by atoms with Crippen molar-refractivity contribution in [3.63, 3.8) is 0 Å². The molecule has 1 fully saturated rings. The smallest absolute Gasteiger partial charge is 0.161 e. The van der Waals surface area contributed by atoms with Crippen LogP contribution in [0.15, 0.2) is 18.2 Å². The largest absolute Gasteiger partial charge is 0.493 e. The molecule has 0 aliphatic carbocycles. The van der Waals surface area contributed by atoms with Crippen LogP contribution in [-0.2, 0) is 6.54 Å². The Morgan fingerprint density at radius 1 is 1.20 bits per heavy atom. The number of nitrogens with zero attached hydrogens (tertiary/aromatic N) is 2. The highest BCUT2D eigenvalue weighted by molar-refractivity contribution is 5.42. The van der Waals surface area contributed by atoms with Crippen LogP contribution in [0.5, 0.6) is 11.5 Å². The number of benzene rings is 1. The summed E-state index contributed by atoms with van der Waals surface area (Å²) in [4.78, 5) is 2.39. The van der Waals surface area contributed by atoms with Crippen molar-refractivity contribution in [3.05, 3.63) is 23.8 Å². The predicted octanol–water partition coefficient (Wildman–Crippen LogP) is 2.83. The van der Waals surface area contributed by atoms with Gasteiger partial charge in [-0.05, 0) is 50.6 Å². The third-order valence-corrected chi connectivity index (χ3v) is 4.08. The Morgan fingerprint density at radius 3 is 2.40 bits per heavy atom. The summed E-state index contributed by atoms with van der Waals surface area (Å²) in [7, 11) is 3.30. The van der Waals surface area contributed by atoms with Crippen LogP contribution >= 0.6 is 0 Å². The third-order valence-electron chi connectivity index (χ3n) is 4.08. The zero-order chi connectivity index (χ0) is 14.6. The zero-order valence-electron chi connectivity index (χ0n) is 12.5. The predicted molar refractivity (Wildman–Crippen MR) is 77.8 cm³/mol. The van der Waals surface area contributed by atoms with E-state index in [-0.39, 0.29) is 5.41 Å². The van der Waals surface area contributed by atoms with Crippen LogP contribution in [0.3, 0.4) is 0 Å². The lowest BCUT2D eigenvalue weighted by atomic mass is 9.82. The van der Waals surface area contributed by atoms with Crippen molar-refractivity contribution in [1.82, 2.24) is 4.90 Å². The van der Waals surface area contributed by atoms with Crippen molar-refractivity contribution in [1.29, 1.82) is 5.26 Å². The van der Waals surface area contributed by atoms with Crippen molar-refractivity contribution in [2.24, 2.45) is 5.41 Å². The van der Waals surface area contributed by atoms with E-state index in [1.807, 2.05) is 12.1 Å². The van der Waals surface area contributed by atoms with Crippen molar-refractivity contribution in [3.8, 4) is 17.6 Å². The Kier molecular flexibility index (Phi) is 4.51. The Balaban J connectivity index is 2.00. The van der Waals surface area contributed by atoms with Crippen molar-refractivity contribution >= 4 is 0 Å². The fourth-order valence-electron chi connectivity index (χ4n) is 2.55. The SMILES string of the molecule is COc1ccc(CN2CCC(C)(C#N)CC2)cc1OC. The summed E-state index contributed by atoms with van der Waals surface area (Å²) in [5.74, 6) is 1.52. The summed E-state index contributed by atoms with van der Waals surface area (Å²) in [6.45, 7) is 4.89. The van der Waals surface area contributed by atoms with Crippen LogP contribution in [0, 0.1) is 16.7 Å². The number of nitriles is 1. The van der Waals surface area contributed by atoms with Crippen LogP contribution in [0.2, 0.25) is 0 Å². The van der Waals surface area contributed by atoms with Crippen LogP contribution in [-0.4, -0.2) is 32.2 Å². The Bertz CT molecular complexity index is 500. The summed E-state index contributed by atoms with van der Waals surface area (Å²) < 4.78 is 10.6. The highest BCUT2D eigenvalue weighted by atomic mass is 16.5. The summed E-state index contributed by atoms with van der Waals surface area (Å²) in [6, 6.07) is 8.47. The van der Waals surface area contributed by atoms with Gasteiger partial charge in [0.15, 0.2) is 11.5 Å². The van der Waals surface area contributed by atoms with Crippen LogP contribution in [0.4, 0.5) is 0 Å². The Hall–Kier alpha value is -1.73. The number of ether oxygens (including phenoxy) is 2. The number of rotatable bonds is 4. The number of hydrogen-bond donors (Lipinski definition) is 0.